The highest BCUT2D eigenvalue weighted by Gasteiger charge is 2.48. The van der Waals surface area contributed by atoms with Gasteiger partial charge >= 0.3 is 15.6 Å². The summed E-state index contributed by atoms with van der Waals surface area (Å²) >= 11 is 0. The molecule has 2 rings (SSSR count). The predicted octanol–water partition coefficient (Wildman–Crippen LogP) is 2.82. The molecule has 8 heteroatoms. The molecule has 0 aromatic heterocycles. The molecule has 0 spiro atoms. The van der Waals surface area contributed by atoms with E-state index < -0.39 is 21.4 Å². The monoisotopic (exact) mass is 308 g/mol. The first-order valence-corrected chi connectivity index (χ1v) is 7.28. The fourth-order valence-corrected chi connectivity index (χ4v) is 2.45. The molecule has 1 aliphatic carbocycles. The van der Waals surface area contributed by atoms with E-state index in [1.807, 2.05) is 0 Å². The third-order valence-corrected chi connectivity index (χ3v) is 3.95. The lowest BCUT2D eigenvalue weighted by Crippen LogP contribution is -2.28. The summed E-state index contributed by atoms with van der Waals surface area (Å²) in [6, 6.07) is 3.62. The number of alkyl halides is 3. The first-order valence-electron chi connectivity index (χ1n) is 5.87. The van der Waals surface area contributed by atoms with E-state index in [0.29, 0.717) is 24.8 Å². The van der Waals surface area contributed by atoms with Crippen molar-refractivity contribution in [3.63, 3.8) is 0 Å². The maximum absolute atomic E-state index is 12.2. The lowest BCUT2D eigenvalue weighted by molar-refractivity contribution is -0.0500. The van der Waals surface area contributed by atoms with Crippen molar-refractivity contribution in [3.8, 4) is 5.75 Å². The van der Waals surface area contributed by atoms with Gasteiger partial charge in [-0.3, -0.25) is 4.79 Å². The molecule has 0 radical (unpaired) electrons. The second-order valence-corrected chi connectivity index (χ2v) is 5.97. The highest BCUT2D eigenvalue weighted by Crippen LogP contribution is 2.29. The molecular weight excluding hydrogens is 297 g/mol. The minimum Gasteiger partial charge on any atom is -0.376 e. The van der Waals surface area contributed by atoms with Gasteiger partial charge in [-0.05, 0) is 37.0 Å². The van der Waals surface area contributed by atoms with E-state index in [2.05, 4.69) is 4.18 Å². The number of ketones is 1. The van der Waals surface area contributed by atoms with E-state index in [4.69, 9.17) is 0 Å². The summed E-state index contributed by atoms with van der Waals surface area (Å²) in [4.78, 5) is 11.8. The zero-order valence-electron chi connectivity index (χ0n) is 10.2. The Morgan fingerprint density at radius 2 is 1.75 bits per heavy atom. The number of rotatable bonds is 2. The van der Waals surface area contributed by atoms with Gasteiger partial charge in [0.25, 0.3) is 0 Å². The number of halogens is 3. The maximum atomic E-state index is 12.2. The molecule has 0 fully saturated rings. The van der Waals surface area contributed by atoms with Gasteiger partial charge in [-0.1, -0.05) is 6.07 Å². The molecule has 1 aliphatic rings. The third-order valence-electron chi connectivity index (χ3n) is 2.97. The normalized spacial score (nSPS) is 16.4. The SMILES string of the molecule is O=C1CCCCc2ccc(OS(=O)(=O)C(F)(F)F)cc21. The Balaban J connectivity index is 2.35. The molecule has 0 unspecified atom stereocenters. The summed E-state index contributed by atoms with van der Waals surface area (Å²) in [5.74, 6) is -0.719. The van der Waals surface area contributed by atoms with E-state index in [9.17, 15) is 26.4 Å². The van der Waals surface area contributed by atoms with E-state index in [1.54, 1.807) is 0 Å². The Bertz CT molecular complexity index is 635. The van der Waals surface area contributed by atoms with Crippen molar-refractivity contribution in [2.45, 2.75) is 31.2 Å². The highest BCUT2D eigenvalue weighted by molar-refractivity contribution is 7.88. The Labute approximate surface area is 113 Å². The number of hydrogen-bond acceptors (Lipinski definition) is 4. The van der Waals surface area contributed by atoms with Gasteiger partial charge in [-0.25, -0.2) is 0 Å². The summed E-state index contributed by atoms with van der Waals surface area (Å²) in [5, 5.41) is 0. The van der Waals surface area contributed by atoms with Crippen molar-refractivity contribution in [1.82, 2.24) is 0 Å². The zero-order valence-corrected chi connectivity index (χ0v) is 11.1. The molecule has 0 saturated carbocycles. The van der Waals surface area contributed by atoms with Crippen molar-refractivity contribution >= 4 is 15.9 Å². The first-order chi connectivity index (χ1) is 9.21. The number of fused-ring (bicyclic) bond motifs is 1. The average molecular weight is 308 g/mol. The maximum Gasteiger partial charge on any atom is 0.534 e. The van der Waals surface area contributed by atoms with Gasteiger partial charge in [0.05, 0.1) is 0 Å². The standard InChI is InChI=1S/C12H11F3O4S/c13-12(14,15)20(17,18)19-9-6-5-8-3-1-2-4-11(16)10(8)7-9/h5-7H,1-4H2. The van der Waals surface area contributed by atoms with Gasteiger partial charge in [-0.15, -0.1) is 0 Å². The van der Waals surface area contributed by atoms with Gasteiger partial charge in [0, 0.05) is 12.0 Å². The minimum absolute atomic E-state index is 0.215. The second-order valence-electron chi connectivity index (χ2n) is 4.43. The molecular formula is C12H11F3O4S. The number of Topliss-reactive ketones (excluding diaryl/α,β-unsaturated/α-hetero) is 1. The first kappa shape index (κ1) is 14.8. The summed E-state index contributed by atoms with van der Waals surface area (Å²) in [5.41, 5.74) is -4.56. The largest absolute Gasteiger partial charge is 0.534 e. The van der Waals surface area contributed by atoms with Crippen LogP contribution in [-0.4, -0.2) is 19.7 Å². The molecule has 0 atom stereocenters. The van der Waals surface area contributed by atoms with Crippen molar-refractivity contribution in [2.24, 2.45) is 0 Å². The van der Waals surface area contributed by atoms with Crippen LogP contribution in [0.4, 0.5) is 13.2 Å². The van der Waals surface area contributed by atoms with Gasteiger partial charge in [0.2, 0.25) is 0 Å². The summed E-state index contributed by atoms with van der Waals surface area (Å²) < 4.78 is 62.5. The number of carbonyl (C=O) groups excluding carboxylic acids is 1. The Morgan fingerprint density at radius 3 is 2.40 bits per heavy atom. The smallest absolute Gasteiger partial charge is 0.376 e. The molecule has 1 aromatic carbocycles. The molecule has 0 aliphatic heterocycles. The molecule has 1 aromatic rings. The Hall–Kier alpha value is -1.57. The lowest BCUT2D eigenvalue weighted by atomic mass is 10.0. The summed E-state index contributed by atoms with van der Waals surface area (Å²) in [6.07, 6.45) is 2.43. The topological polar surface area (TPSA) is 60.4 Å². The van der Waals surface area contributed by atoms with Crippen LogP contribution in [0.1, 0.15) is 35.2 Å². The fraction of sp³-hybridized carbons (Fsp3) is 0.417. The van der Waals surface area contributed by atoms with Crippen LogP contribution < -0.4 is 4.18 Å². The predicted molar refractivity (Wildman–Crippen MR) is 63.9 cm³/mol. The molecule has 0 amide bonds. The third kappa shape index (κ3) is 2.95. The number of hydrogen-bond donors (Lipinski definition) is 0. The van der Waals surface area contributed by atoms with E-state index in [-0.39, 0.29) is 11.3 Å². The van der Waals surface area contributed by atoms with Crippen molar-refractivity contribution in [3.05, 3.63) is 29.3 Å². The molecule has 0 N–H and O–H groups in total. The summed E-state index contributed by atoms with van der Waals surface area (Å²) in [6.45, 7) is 0. The lowest BCUT2D eigenvalue weighted by Gasteiger charge is -2.11. The Kier molecular flexibility index (Phi) is 3.77. The summed E-state index contributed by atoms with van der Waals surface area (Å²) in [7, 11) is -5.72. The van der Waals surface area contributed by atoms with Crippen LogP contribution in [0.3, 0.4) is 0 Å². The van der Waals surface area contributed by atoms with Crippen molar-refractivity contribution in [2.75, 3.05) is 0 Å². The molecule has 4 nitrogen and oxygen atoms in total. The van der Waals surface area contributed by atoms with E-state index in [1.165, 1.54) is 6.07 Å². The molecule has 20 heavy (non-hydrogen) atoms. The van der Waals surface area contributed by atoms with Crippen LogP contribution in [0.25, 0.3) is 0 Å². The van der Waals surface area contributed by atoms with Crippen molar-refractivity contribution < 1.29 is 30.6 Å². The zero-order chi connectivity index (χ0) is 15.0. The fourth-order valence-electron chi connectivity index (χ4n) is 1.99. The molecule has 0 bridgehead atoms. The van der Waals surface area contributed by atoms with E-state index >= 15 is 0 Å². The van der Waals surface area contributed by atoms with Gasteiger partial charge in [-0.2, -0.15) is 21.6 Å². The number of carbonyl (C=O) groups is 1. The highest BCUT2D eigenvalue weighted by atomic mass is 32.2. The van der Waals surface area contributed by atoms with Crippen molar-refractivity contribution in [1.29, 1.82) is 0 Å². The number of aryl methyl sites for hydroxylation is 1. The molecule has 0 heterocycles. The van der Waals surface area contributed by atoms with Crippen LogP contribution in [-0.2, 0) is 16.5 Å². The Morgan fingerprint density at radius 1 is 1.10 bits per heavy atom. The van der Waals surface area contributed by atoms with Gasteiger partial charge in [0.15, 0.2) is 5.78 Å². The quantitative estimate of drug-likeness (QED) is 0.479. The van der Waals surface area contributed by atoms with Crippen LogP contribution in [0, 0.1) is 0 Å². The van der Waals surface area contributed by atoms with Crippen LogP contribution >= 0.6 is 0 Å². The second kappa shape index (κ2) is 5.08. The molecule has 0 saturated heterocycles. The number of benzene rings is 1. The van der Waals surface area contributed by atoms with Crippen LogP contribution in [0.5, 0.6) is 5.75 Å². The van der Waals surface area contributed by atoms with Crippen LogP contribution in [0.2, 0.25) is 0 Å². The molecule has 110 valence electrons. The van der Waals surface area contributed by atoms with E-state index in [0.717, 1.165) is 18.6 Å². The van der Waals surface area contributed by atoms with Gasteiger partial charge in [0.1, 0.15) is 5.75 Å². The minimum atomic E-state index is -5.72. The van der Waals surface area contributed by atoms with Gasteiger partial charge < -0.3 is 4.18 Å². The van der Waals surface area contributed by atoms with Crippen LogP contribution in [0.15, 0.2) is 18.2 Å². The average Bonchev–Trinajstić information content (AvgIpc) is 2.50.